The summed E-state index contributed by atoms with van der Waals surface area (Å²) in [6, 6.07) is 17.7. The average Bonchev–Trinajstić information content (AvgIpc) is 2.57. The third-order valence-corrected chi connectivity index (χ3v) is 3.97. The van der Waals surface area contributed by atoms with Crippen LogP contribution in [0.2, 0.25) is 5.02 Å². The Bertz CT molecular complexity index is 849. The Kier molecular flexibility index (Phi) is 4.67. The first-order valence-electron chi connectivity index (χ1n) is 7.70. The summed E-state index contributed by atoms with van der Waals surface area (Å²) in [6.07, 6.45) is 0. The lowest BCUT2D eigenvalue weighted by Crippen LogP contribution is -2.14. The molecule has 1 heterocycles. The van der Waals surface area contributed by atoms with Crippen molar-refractivity contribution in [3.8, 4) is 0 Å². The minimum absolute atomic E-state index is 0.648. The number of rotatable bonds is 4. The topological polar surface area (TPSA) is 41.1 Å². The molecule has 0 amide bonds. The quantitative estimate of drug-likeness (QED) is 0.704. The molecule has 0 saturated heterocycles. The summed E-state index contributed by atoms with van der Waals surface area (Å²) in [6.45, 7) is 3.98. The summed E-state index contributed by atoms with van der Waals surface area (Å²) >= 11 is 6.02. The number of aryl methyl sites for hydroxylation is 2. The Labute approximate surface area is 147 Å². The maximum absolute atomic E-state index is 6.02. The molecule has 0 aliphatic carbocycles. The largest absolute Gasteiger partial charge is 0.340 e. The smallest absolute Gasteiger partial charge is 0.231 e. The van der Waals surface area contributed by atoms with Crippen LogP contribution in [-0.4, -0.2) is 17.0 Å². The van der Waals surface area contributed by atoms with Gasteiger partial charge in [0.1, 0.15) is 5.82 Å². The minimum atomic E-state index is 0.648. The molecule has 3 aromatic rings. The van der Waals surface area contributed by atoms with E-state index in [0.29, 0.717) is 5.95 Å². The lowest BCUT2D eigenvalue weighted by Gasteiger charge is -2.19. The third-order valence-electron chi connectivity index (χ3n) is 3.74. The van der Waals surface area contributed by atoms with E-state index in [2.05, 4.69) is 15.3 Å². The number of hydrogen-bond donors (Lipinski definition) is 1. The molecule has 0 atom stereocenters. The average molecular weight is 339 g/mol. The molecule has 122 valence electrons. The van der Waals surface area contributed by atoms with E-state index in [1.54, 1.807) is 0 Å². The SMILES string of the molecule is Cc1cc(Nc2ccc(Cl)cc2C)nc(N(C)c2ccccc2)n1. The van der Waals surface area contributed by atoms with Gasteiger partial charge in [0.2, 0.25) is 5.95 Å². The van der Waals surface area contributed by atoms with Gasteiger partial charge >= 0.3 is 0 Å². The molecule has 1 aromatic heterocycles. The van der Waals surface area contributed by atoms with Gasteiger partial charge in [-0.3, -0.25) is 0 Å². The number of aromatic nitrogens is 2. The zero-order chi connectivity index (χ0) is 17.1. The fourth-order valence-corrected chi connectivity index (χ4v) is 2.67. The second-order valence-corrected chi connectivity index (χ2v) is 6.11. The first-order valence-corrected chi connectivity index (χ1v) is 8.08. The molecule has 4 nitrogen and oxygen atoms in total. The molecule has 0 aliphatic rings. The molecular weight excluding hydrogens is 320 g/mol. The number of anilines is 4. The zero-order valence-electron chi connectivity index (χ0n) is 13.9. The lowest BCUT2D eigenvalue weighted by atomic mass is 10.2. The maximum atomic E-state index is 6.02. The number of halogens is 1. The molecule has 0 saturated carbocycles. The van der Waals surface area contributed by atoms with Crippen LogP contribution in [0, 0.1) is 13.8 Å². The van der Waals surface area contributed by atoms with Crippen LogP contribution in [-0.2, 0) is 0 Å². The second kappa shape index (κ2) is 6.89. The fraction of sp³-hybridized carbons (Fsp3) is 0.158. The van der Waals surface area contributed by atoms with Gasteiger partial charge in [-0.15, -0.1) is 0 Å². The van der Waals surface area contributed by atoms with Crippen LogP contribution in [0.15, 0.2) is 54.6 Å². The van der Waals surface area contributed by atoms with Crippen LogP contribution >= 0.6 is 11.6 Å². The summed E-state index contributed by atoms with van der Waals surface area (Å²) < 4.78 is 0. The van der Waals surface area contributed by atoms with E-state index >= 15 is 0 Å². The van der Waals surface area contributed by atoms with Crippen LogP contribution in [0.25, 0.3) is 0 Å². The predicted octanol–water partition coefficient (Wildman–Crippen LogP) is 5.26. The standard InChI is InChI=1S/C19H19ClN4/c1-13-11-15(20)9-10-17(13)22-18-12-14(2)21-19(23-18)24(3)16-7-5-4-6-8-16/h4-12H,1-3H3,(H,21,22,23). The Hall–Kier alpha value is -2.59. The minimum Gasteiger partial charge on any atom is -0.340 e. The monoisotopic (exact) mass is 338 g/mol. The molecule has 0 fully saturated rings. The predicted molar refractivity (Wildman–Crippen MR) is 101 cm³/mol. The van der Waals surface area contributed by atoms with E-state index in [1.807, 2.05) is 80.4 Å². The van der Waals surface area contributed by atoms with Gasteiger partial charge < -0.3 is 10.2 Å². The van der Waals surface area contributed by atoms with Crippen LogP contribution in [0.5, 0.6) is 0 Å². The Morgan fingerprint density at radius 1 is 0.958 bits per heavy atom. The normalized spacial score (nSPS) is 10.5. The summed E-state index contributed by atoms with van der Waals surface area (Å²) in [4.78, 5) is 11.1. The summed E-state index contributed by atoms with van der Waals surface area (Å²) in [7, 11) is 1.96. The van der Waals surface area contributed by atoms with E-state index in [4.69, 9.17) is 11.6 Å². The number of para-hydroxylation sites is 1. The summed E-state index contributed by atoms with van der Waals surface area (Å²) in [5.74, 6) is 1.40. The zero-order valence-corrected chi connectivity index (χ0v) is 14.7. The van der Waals surface area contributed by atoms with Gasteiger partial charge in [-0.1, -0.05) is 29.8 Å². The molecule has 3 rings (SSSR count). The van der Waals surface area contributed by atoms with Crippen molar-refractivity contribution in [2.45, 2.75) is 13.8 Å². The summed E-state index contributed by atoms with van der Waals surface area (Å²) in [5.41, 5.74) is 3.98. The highest BCUT2D eigenvalue weighted by molar-refractivity contribution is 6.30. The first kappa shape index (κ1) is 16.3. The number of hydrogen-bond acceptors (Lipinski definition) is 4. The Morgan fingerprint density at radius 2 is 1.71 bits per heavy atom. The fourth-order valence-electron chi connectivity index (χ4n) is 2.44. The van der Waals surface area contributed by atoms with Crippen molar-refractivity contribution in [1.29, 1.82) is 0 Å². The van der Waals surface area contributed by atoms with Gasteiger partial charge in [-0.2, -0.15) is 4.98 Å². The van der Waals surface area contributed by atoms with Crippen molar-refractivity contribution < 1.29 is 0 Å². The lowest BCUT2D eigenvalue weighted by molar-refractivity contribution is 1.02. The number of nitrogens with zero attached hydrogens (tertiary/aromatic N) is 3. The van der Waals surface area contributed by atoms with Gasteiger partial charge in [0, 0.05) is 35.2 Å². The molecule has 0 aliphatic heterocycles. The van der Waals surface area contributed by atoms with Crippen molar-refractivity contribution in [3.05, 3.63) is 70.9 Å². The Morgan fingerprint density at radius 3 is 2.42 bits per heavy atom. The Balaban J connectivity index is 1.91. The second-order valence-electron chi connectivity index (χ2n) is 5.67. The molecule has 0 bridgehead atoms. The highest BCUT2D eigenvalue weighted by Crippen LogP contribution is 2.25. The van der Waals surface area contributed by atoms with E-state index in [0.717, 1.165) is 33.5 Å². The van der Waals surface area contributed by atoms with Gasteiger partial charge in [0.15, 0.2) is 0 Å². The van der Waals surface area contributed by atoms with Crippen LogP contribution in [0.3, 0.4) is 0 Å². The van der Waals surface area contributed by atoms with Crippen LogP contribution < -0.4 is 10.2 Å². The van der Waals surface area contributed by atoms with E-state index in [1.165, 1.54) is 0 Å². The van der Waals surface area contributed by atoms with Crippen molar-refractivity contribution in [1.82, 2.24) is 9.97 Å². The van der Waals surface area contributed by atoms with Crippen molar-refractivity contribution >= 4 is 34.7 Å². The van der Waals surface area contributed by atoms with Crippen molar-refractivity contribution in [2.75, 3.05) is 17.3 Å². The van der Waals surface area contributed by atoms with E-state index in [-0.39, 0.29) is 0 Å². The molecule has 0 unspecified atom stereocenters. The highest BCUT2D eigenvalue weighted by atomic mass is 35.5. The molecule has 0 radical (unpaired) electrons. The highest BCUT2D eigenvalue weighted by Gasteiger charge is 2.10. The van der Waals surface area contributed by atoms with E-state index in [9.17, 15) is 0 Å². The van der Waals surface area contributed by atoms with Crippen molar-refractivity contribution in [3.63, 3.8) is 0 Å². The molecule has 2 aromatic carbocycles. The molecule has 5 heteroatoms. The van der Waals surface area contributed by atoms with E-state index < -0.39 is 0 Å². The third kappa shape index (κ3) is 3.66. The van der Waals surface area contributed by atoms with Crippen molar-refractivity contribution in [2.24, 2.45) is 0 Å². The van der Waals surface area contributed by atoms with Crippen LogP contribution in [0.4, 0.5) is 23.1 Å². The number of nitrogens with one attached hydrogen (secondary N) is 1. The molecule has 0 spiro atoms. The van der Waals surface area contributed by atoms with Gasteiger partial charge in [0.05, 0.1) is 0 Å². The summed E-state index contributed by atoms with van der Waals surface area (Å²) in [5, 5.41) is 4.07. The van der Waals surface area contributed by atoms with Gasteiger partial charge in [-0.25, -0.2) is 4.98 Å². The molecule has 1 N–H and O–H groups in total. The van der Waals surface area contributed by atoms with Gasteiger partial charge in [-0.05, 0) is 49.7 Å². The number of benzene rings is 2. The molecular formula is C19H19ClN4. The first-order chi connectivity index (χ1) is 11.5. The van der Waals surface area contributed by atoms with Crippen LogP contribution in [0.1, 0.15) is 11.3 Å². The maximum Gasteiger partial charge on any atom is 0.231 e. The van der Waals surface area contributed by atoms with Gasteiger partial charge in [0.25, 0.3) is 0 Å². The molecule has 24 heavy (non-hydrogen) atoms.